The normalized spacial score (nSPS) is 10.2. The van der Waals surface area contributed by atoms with Crippen molar-refractivity contribution in [2.75, 3.05) is 37.7 Å². The fourth-order valence-electron chi connectivity index (χ4n) is 2.86. The number of benzene rings is 2. The first-order valence-electron chi connectivity index (χ1n) is 12.2. The summed E-state index contributed by atoms with van der Waals surface area (Å²) in [5, 5.41) is 10.7. The van der Waals surface area contributed by atoms with Crippen molar-refractivity contribution in [3.63, 3.8) is 0 Å². The Bertz CT molecular complexity index is 903. The van der Waals surface area contributed by atoms with Crippen LogP contribution in [0.3, 0.4) is 0 Å². The molecule has 2 aromatic rings. The molecule has 0 spiro atoms. The van der Waals surface area contributed by atoms with Crippen LogP contribution in [-0.2, 0) is 32.3 Å². The van der Waals surface area contributed by atoms with Gasteiger partial charge < -0.3 is 30.7 Å². The summed E-state index contributed by atoms with van der Waals surface area (Å²) in [6.45, 7) is 1.78. The van der Waals surface area contributed by atoms with E-state index in [1.165, 1.54) is 0 Å². The lowest BCUT2D eigenvalue weighted by molar-refractivity contribution is -0.121. The molecule has 0 aromatic heterocycles. The Morgan fingerprint density at radius 3 is 1.34 bits per heavy atom. The number of alkyl carbamates (subject to hydrolysis) is 2. The first-order chi connectivity index (χ1) is 18.5. The minimum Gasteiger partial charge on any atom is -0.445 e. The second-order valence-electron chi connectivity index (χ2n) is 7.82. The van der Waals surface area contributed by atoms with Crippen LogP contribution in [0.2, 0.25) is 0 Å². The summed E-state index contributed by atoms with van der Waals surface area (Å²) < 4.78 is 10.2. The summed E-state index contributed by atoms with van der Waals surface area (Å²) in [6.07, 6.45) is -0.773. The van der Waals surface area contributed by atoms with Gasteiger partial charge in [0.25, 0.3) is 0 Å². The number of rotatable bonds is 17. The Morgan fingerprint density at radius 1 is 0.553 bits per heavy atom. The lowest BCUT2D eigenvalue weighted by Gasteiger charge is -2.08. The van der Waals surface area contributed by atoms with Crippen molar-refractivity contribution in [3.05, 3.63) is 71.8 Å². The highest BCUT2D eigenvalue weighted by molar-refractivity contribution is 8.76. The summed E-state index contributed by atoms with van der Waals surface area (Å²) in [6, 6.07) is 18.7. The van der Waals surface area contributed by atoms with Gasteiger partial charge in [-0.2, -0.15) is 0 Å². The van der Waals surface area contributed by atoms with Gasteiger partial charge in [0.1, 0.15) is 13.2 Å². The molecule has 38 heavy (non-hydrogen) atoms. The third-order valence-electron chi connectivity index (χ3n) is 4.77. The first kappa shape index (κ1) is 30.8. The van der Waals surface area contributed by atoms with Gasteiger partial charge in [-0.05, 0) is 11.1 Å². The van der Waals surface area contributed by atoms with E-state index < -0.39 is 12.2 Å². The number of ether oxygens (including phenoxy) is 2. The molecule has 4 amide bonds. The van der Waals surface area contributed by atoms with Gasteiger partial charge in [-0.3, -0.25) is 9.59 Å². The SMILES string of the molecule is O=C(CCNC(=O)OCc1ccccc1)NCCSSCCNC(=O)CCNC(=O)OCc1ccccc1. The van der Waals surface area contributed by atoms with Crippen LogP contribution >= 0.6 is 21.6 Å². The lowest BCUT2D eigenvalue weighted by Crippen LogP contribution is -2.32. The van der Waals surface area contributed by atoms with Gasteiger partial charge in [-0.15, -0.1) is 0 Å². The molecule has 206 valence electrons. The molecule has 0 fully saturated rings. The van der Waals surface area contributed by atoms with Gasteiger partial charge in [-0.25, -0.2) is 9.59 Å². The molecule has 12 heteroatoms. The predicted octanol–water partition coefficient (Wildman–Crippen LogP) is 3.23. The average Bonchev–Trinajstić information content (AvgIpc) is 2.93. The molecule has 0 atom stereocenters. The third kappa shape index (κ3) is 15.7. The highest BCUT2D eigenvalue weighted by Crippen LogP contribution is 2.19. The van der Waals surface area contributed by atoms with E-state index >= 15 is 0 Å². The van der Waals surface area contributed by atoms with Crippen molar-refractivity contribution in [2.45, 2.75) is 26.1 Å². The Hall–Kier alpha value is -3.38. The predicted molar refractivity (Wildman–Crippen MR) is 149 cm³/mol. The molecular formula is C26H34N4O6S2. The van der Waals surface area contributed by atoms with Crippen LogP contribution < -0.4 is 21.3 Å². The first-order valence-corrected chi connectivity index (χ1v) is 14.7. The zero-order valence-electron chi connectivity index (χ0n) is 21.1. The number of carbonyl (C=O) groups excluding carboxylic acids is 4. The molecule has 0 radical (unpaired) electrons. The fourth-order valence-corrected chi connectivity index (χ4v) is 4.68. The van der Waals surface area contributed by atoms with Crippen molar-refractivity contribution >= 4 is 45.6 Å². The molecule has 2 aromatic carbocycles. The van der Waals surface area contributed by atoms with Gasteiger partial charge >= 0.3 is 12.2 Å². The molecule has 0 heterocycles. The Morgan fingerprint density at radius 2 is 0.947 bits per heavy atom. The highest BCUT2D eigenvalue weighted by Gasteiger charge is 2.06. The molecule has 2 rings (SSSR count). The van der Waals surface area contributed by atoms with E-state index in [1.807, 2.05) is 60.7 Å². The van der Waals surface area contributed by atoms with E-state index in [9.17, 15) is 19.2 Å². The number of hydrogen-bond acceptors (Lipinski definition) is 8. The summed E-state index contributed by atoms with van der Waals surface area (Å²) in [5.74, 6) is 1.13. The van der Waals surface area contributed by atoms with Crippen LogP contribution in [0.1, 0.15) is 24.0 Å². The number of amides is 4. The molecule has 0 saturated heterocycles. The minimum absolute atomic E-state index is 0.149. The standard InChI is InChI=1S/C26H34N4O6S2/c31-23(11-13-29-25(33)35-19-21-7-3-1-4-8-21)27-15-17-37-38-18-16-28-24(32)12-14-30-26(34)36-20-22-9-5-2-6-10-22/h1-10H,11-20H2,(H,27,31)(H,28,32)(H,29,33)(H,30,34). The van der Waals surface area contributed by atoms with Crippen molar-refractivity contribution in [1.29, 1.82) is 0 Å². The number of carbonyl (C=O) groups is 4. The number of nitrogens with one attached hydrogen (secondary N) is 4. The maximum absolute atomic E-state index is 11.8. The highest BCUT2D eigenvalue weighted by atomic mass is 33.1. The number of hydrogen-bond donors (Lipinski definition) is 4. The quantitative estimate of drug-likeness (QED) is 0.171. The van der Waals surface area contributed by atoms with E-state index in [1.54, 1.807) is 21.6 Å². The van der Waals surface area contributed by atoms with E-state index in [0.29, 0.717) is 24.6 Å². The van der Waals surface area contributed by atoms with Crippen LogP contribution in [-0.4, -0.2) is 61.7 Å². The second kappa shape index (κ2) is 19.7. The van der Waals surface area contributed by atoms with E-state index in [4.69, 9.17) is 9.47 Å². The zero-order chi connectivity index (χ0) is 27.3. The van der Waals surface area contributed by atoms with Crippen molar-refractivity contribution in [3.8, 4) is 0 Å². The second-order valence-corrected chi connectivity index (χ2v) is 10.5. The van der Waals surface area contributed by atoms with Gasteiger partial charge in [0.2, 0.25) is 11.8 Å². The molecule has 0 aliphatic carbocycles. The van der Waals surface area contributed by atoms with Crippen LogP contribution in [0, 0.1) is 0 Å². The Balaban J connectivity index is 1.34. The molecule has 0 bridgehead atoms. The van der Waals surface area contributed by atoms with Crippen LogP contribution in [0.4, 0.5) is 9.59 Å². The minimum atomic E-state index is -0.557. The molecule has 0 saturated carbocycles. The monoisotopic (exact) mass is 562 g/mol. The van der Waals surface area contributed by atoms with Gasteiger partial charge in [0, 0.05) is 50.5 Å². The van der Waals surface area contributed by atoms with Crippen LogP contribution in [0.5, 0.6) is 0 Å². The third-order valence-corrected chi connectivity index (χ3v) is 7.18. The van der Waals surface area contributed by atoms with Crippen molar-refractivity contribution < 1.29 is 28.7 Å². The summed E-state index contributed by atoms with van der Waals surface area (Å²) >= 11 is 0. The van der Waals surface area contributed by atoms with Crippen LogP contribution in [0.25, 0.3) is 0 Å². The topological polar surface area (TPSA) is 135 Å². The maximum Gasteiger partial charge on any atom is 0.407 e. The van der Waals surface area contributed by atoms with Gasteiger partial charge in [-0.1, -0.05) is 82.3 Å². The largest absolute Gasteiger partial charge is 0.445 e. The van der Waals surface area contributed by atoms with Crippen molar-refractivity contribution in [1.82, 2.24) is 21.3 Å². The van der Waals surface area contributed by atoms with Gasteiger partial charge in [0.15, 0.2) is 0 Å². The maximum atomic E-state index is 11.8. The fraction of sp³-hybridized carbons (Fsp3) is 0.385. The van der Waals surface area contributed by atoms with Gasteiger partial charge in [0.05, 0.1) is 0 Å². The van der Waals surface area contributed by atoms with Crippen molar-refractivity contribution in [2.24, 2.45) is 0 Å². The van der Waals surface area contributed by atoms with E-state index in [0.717, 1.165) is 11.1 Å². The molecular weight excluding hydrogens is 528 g/mol. The Kier molecular flexibility index (Phi) is 16.0. The molecule has 10 nitrogen and oxygen atoms in total. The molecule has 0 aliphatic rings. The summed E-state index contributed by atoms with van der Waals surface area (Å²) in [4.78, 5) is 47.0. The zero-order valence-corrected chi connectivity index (χ0v) is 22.7. The Labute approximate surface area is 230 Å². The average molecular weight is 563 g/mol. The van der Waals surface area contributed by atoms with Crippen LogP contribution in [0.15, 0.2) is 60.7 Å². The summed E-state index contributed by atoms with van der Waals surface area (Å²) in [7, 11) is 3.19. The molecule has 0 aliphatic heterocycles. The molecule has 0 unspecified atom stereocenters. The smallest absolute Gasteiger partial charge is 0.407 e. The van der Waals surface area contributed by atoms with E-state index in [-0.39, 0.29) is 51.0 Å². The summed E-state index contributed by atoms with van der Waals surface area (Å²) in [5.41, 5.74) is 1.79. The molecule has 4 N–H and O–H groups in total. The lowest BCUT2D eigenvalue weighted by atomic mass is 10.2. The van der Waals surface area contributed by atoms with E-state index in [2.05, 4.69) is 21.3 Å².